The van der Waals surface area contributed by atoms with Crippen molar-refractivity contribution in [2.75, 3.05) is 7.11 Å². The van der Waals surface area contributed by atoms with Crippen molar-refractivity contribution in [3.05, 3.63) is 46.2 Å². The van der Waals surface area contributed by atoms with Gasteiger partial charge in [-0.2, -0.15) is 0 Å². The Morgan fingerprint density at radius 1 is 1.29 bits per heavy atom. The van der Waals surface area contributed by atoms with Gasteiger partial charge in [-0.15, -0.1) is 11.3 Å². The van der Waals surface area contributed by atoms with Gasteiger partial charge in [-0.05, 0) is 23.8 Å². The molecule has 0 aromatic carbocycles. The van der Waals surface area contributed by atoms with Gasteiger partial charge in [-0.3, -0.25) is 4.98 Å². The Balaban J connectivity index is 2.42. The van der Waals surface area contributed by atoms with Gasteiger partial charge in [-0.1, -0.05) is 20.8 Å². The Morgan fingerprint density at radius 2 is 1.95 bits per heavy atom. The van der Waals surface area contributed by atoms with Gasteiger partial charge in [0, 0.05) is 28.9 Å². The Kier molecular flexibility index (Phi) is 4.53. The third kappa shape index (κ3) is 3.76. The van der Waals surface area contributed by atoms with Crippen molar-refractivity contribution in [1.82, 2.24) is 9.97 Å². The number of thiazole rings is 1. The van der Waals surface area contributed by atoms with Gasteiger partial charge in [0.2, 0.25) is 0 Å². The maximum Gasteiger partial charge on any atom is 0.338 e. The second-order valence-electron chi connectivity index (χ2n) is 5.60. The fourth-order valence-electron chi connectivity index (χ4n) is 1.74. The number of methoxy groups -OCH3 is 1. The van der Waals surface area contributed by atoms with E-state index < -0.39 is 0 Å². The number of hydrogen-bond acceptors (Lipinski definition) is 5. The van der Waals surface area contributed by atoms with E-state index >= 15 is 0 Å². The van der Waals surface area contributed by atoms with Crippen LogP contribution in [-0.2, 0) is 14.9 Å². The normalized spacial score (nSPS) is 12.3. The summed E-state index contributed by atoms with van der Waals surface area (Å²) in [5.41, 5.74) is 1.28. The van der Waals surface area contributed by atoms with Crippen molar-refractivity contribution in [2.45, 2.75) is 26.2 Å². The number of aromatic nitrogens is 2. The first kappa shape index (κ1) is 15.4. The molecule has 0 bridgehead atoms. The molecule has 0 spiro atoms. The van der Waals surface area contributed by atoms with Gasteiger partial charge in [-0.25, -0.2) is 9.78 Å². The van der Waals surface area contributed by atoms with Crippen LogP contribution in [0.2, 0.25) is 0 Å². The zero-order chi connectivity index (χ0) is 15.5. The molecule has 0 amide bonds. The molecule has 0 aliphatic rings. The zero-order valence-electron chi connectivity index (χ0n) is 12.6. The molecule has 2 rings (SSSR count). The van der Waals surface area contributed by atoms with Crippen LogP contribution in [0.25, 0.3) is 11.6 Å². The predicted molar refractivity (Wildman–Crippen MR) is 84.9 cm³/mol. The van der Waals surface area contributed by atoms with Crippen LogP contribution in [0.1, 0.15) is 36.2 Å². The molecule has 0 atom stereocenters. The van der Waals surface area contributed by atoms with E-state index in [2.05, 4.69) is 30.7 Å². The minimum atomic E-state index is -0.369. The van der Waals surface area contributed by atoms with Crippen LogP contribution in [0.3, 0.4) is 0 Å². The van der Waals surface area contributed by atoms with E-state index in [1.807, 2.05) is 6.08 Å². The van der Waals surface area contributed by atoms with Crippen molar-refractivity contribution in [2.24, 2.45) is 0 Å². The highest BCUT2D eigenvalue weighted by molar-refractivity contribution is 7.12. The van der Waals surface area contributed by atoms with Crippen LogP contribution in [0, 0.1) is 0 Å². The first-order chi connectivity index (χ1) is 9.91. The number of hydrogen-bond donors (Lipinski definition) is 0. The highest BCUT2D eigenvalue weighted by Crippen LogP contribution is 2.29. The molecule has 0 saturated heterocycles. The monoisotopic (exact) mass is 302 g/mol. The van der Waals surface area contributed by atoms with E-state index in [0.717, 1.165) is 15.4 Å². The second kappa shape index (κ2) is 6.18. The molecule has 0 saturated carbocycles. The quantitative estimate of drug-likeness (QED) is 0.642. The summed E-state index contributed by atoms with van der Waals surface area (Å²) >= 11 is 1.58. The van der Waals surface area contributed by atoms with Crippen LogP contribution in [0.5, 0.6) is 0 Å². The lowest BCUT2D eigenvalue weighted by molar-refractivity contribution is -0.133. The number of ether oxygens (including phenoxy) is 1. The third-order valence-corrected chi connectivity index (χ3v) is 4.22. The van der Waals surface area contributed by atoms with E-state index in [0.29, 0.717) is 5.57 Å². The molecular formula is C16H18N2O2S. The van der Waals surface area contributed by atoms with Crippen LogP contribution >= 0.6 is 11.3 Å². The second-order valence-corrected chi connectivity index (χ2v) is 6.67. The molecule has 5 heteroatoms. The summed E-state index contributed by atoms with van der Waals surface area (Å²) in [5, 5.41) is 1.03. The SMILES string of the molecule is COC(=O)C(=Cc1cnc(C(C)(C)C)s1)c1ccncc1. The van der Waals surface area contributed by atoms with Crippen molar-refractivity contribution in [1.29, 1.82) is 0 Å². The number of carbonyl (C=O) groups is 1. The fraction of sp³-hybridized carbons (Fsp3) is 0.312. The molecular weight excluding hydrogens is 284 g/mol. The van der Waals surface area contributed by atoms with E-state index in [-0.39, 0.29) is 11.4 Å². The number of carbonyl (C=O) groups excluding carboxylic acids is 1. The Labute approximate surface area is 128 Å². The first-order valence-corrected chi connectivity index (χ1v) is 7.40. The molecule has 21 heavy (non-hydrogen) atoms. The predicted octanol–water partition coefficient (Wildman–Crippen LogP) is 3.55. The molecule has 0 radical (unpaired) electrons. The molecule has 0 unspecified atom stereocenters. The van der Waals surface area contributed by atoms with Gasteiger partial charge in [0.1, 0.15) is 0 Å². The highest BCUT2D eigenvalue weighted by Gasteiger charge is 2.19. The number of pyridine rings is 1. The summed E-state index contributed by atoms with van der Waals surface area (Å²) in [6.07, 6.45) is 6.90. The average molecular weight is 302 g/mol. The Hall–Kier alpha value is -2.01. The third-order valence-electron chi connectivity index (χ3n) is 2.85. The van der Waals surface area contributed by atoms with Crippen LogP contribution in [0.15, 0.2) is 30.7 Å². The topological polar surface area (TPSA) is 52.1 Å². The summed E-state index contributed by atoms with van der Waals surface area (Å²) in [6, 6.07) is 3.57. The lowest BCUT2D eigenvalue weighted by atomic mass is 9.98. The molecule has 0 N–H and O–H groups in total. The molecule has 0 fully saturated rings. The molecule has 2 aromatic rings. The van der Waals surface area contributed by atoms with Gasteiger partial charge in [0.25, 0.3) is 0 Å². The Bertz CT molecular complexity index is 654. The van der Waals surface area contributed by atoms with Crippen molar-refractivity contribution in [3.63, 3.8) is 0 Å². The summed E-state index contributed by atoms with van der Waals surface area (Å²) in [6.45, 7) is 6.34. The van der Waals surface area contributed by atoms with Gasteiger partial charge < -0.3 is 4.74 Å². The van der Waals surface area contributed by atoms with E-state index in [1.54, 1.807) is 42.1 Å². The largest absolute Gasteiger partial charge is 0.465 e. The number of esters is 1. The van der Waals surface area contributed by atoms with Crippen molar-refractivity contribution in [3.8, 4) is 0 Å². The van der Waals surface area contributed by atoms with E-state index in [4.69, 9.17) is 4.74 Å². The van der Waals surface area contributed by atoms with Gasteiger partial charge in [0.15, 0.2) is 0 Å². The summed E-state index contributed by atoms with van der Waals surface area (Å²) in [4.78, 5) is 21.3. The average Bonchev–Trinajstić information content (AvgIpc) is 2.93. The lowest BCUT2D eigenvalue weighted by Crippen LogP contribution is -2.09. The smallest absolute Gasteiger partial charge is 0.338 e. The molecule has 0 aliphatic carbocycles. The summed E-state index contributed by atoms with van der Waals surface area (Å²) < 4.78 is 4.87. The lowest BCUT2D eigenvalue weighted by Gasteiger charge is -2.13. The minimum Gasteiger partial charge on any atom is -0.465 e. The van der Waals surface area contributed by atoms with E-state index in [9.17, 15) is 4.79 Å². The summed E-state index contributed by atoms with van der Waals surface area (Å²) in [5.74, 6) is -0.369. The standard InChI is InChI=1S/C16H18N2O2S/c1-16(2,3)15-18-10-12(21-15)9-13(14(19)20-4)11-5-7-17-8-6-11/h5-10H,1-4H3. The van der Waals surface area contributed by atoms with Crippen molar-refractivity contribution >= 4 is 29.0 Å². The van der Waals surface area contributed by atoms with E-state index in [1.165, 1.54) is 7.11 Å². The molecule has 2 heterocycles. The zero-order valence-corrected chi connectivity index (χ0v) is 13.4. The fourth-order valence-corrected chi connectivity index (χ4v) is 2.66. The number of rotatable bonds is 3. The maximum atomic E-state index is 12.0. The van der Waals surface area contributed by atoms with Crippen molar-refractivity contribution < 1.29 is 9.53 Å². The highest BCUT2D eigenvalue weighted by atomic mass is 32.1. The number of nitrogens with zero attached hydrogens (tertiary/aromatic N) is 2. The minimum absolute atomic E-state index is 0.00114. The van der Waals surface area contributed by atoms with Gasteiger partial charge >= 0.3 is 5.97 Å². The Morgan fingerprint density at radius 3 is 2.48 bits per heavy atom. The molecule has 0 aliphatic heterocycles. The first-order valence-electron chi connectivity index (χ1n) is 6.58. The van der Waals surface area contributed by atoms with Crippen LogP contribution in [0.4, 0.5) is 0 Å². The molecule has 110 valence electrons. The molecule has 4 nitrogen and oxygen atoms in total. The molecule has 2 aromatic heterocycles. The van der Waals surface area contributed by atoms with Crippen LogP contribution in [-0.4, -0.2) is 23.0 Å². The maximum absolute atomic E-state index is 12.0. The summed E-state index contributed by atoms with van der Waals surface area (Å²) in [7, 11) is 1.38. The van der Waals surface area contributed by atoms with Gasteiger partial charge in [0.05, 0.1) is 17.7 Å². The van der Waals surface area contributed by atoms with Crippen LogP contribution < -0.4 is 0 Å².